The van der Waals surface area contributed by atoms with E-state index in [1.54, 1.807) is 0 Å². The van der Waals surface area contributed by atoms with Gasteiger partial charge in [0.15, 0.2) is 5.78 Å². The molecule has 1 radical (unpaired) electrons. The number of aromatic nitrogens is 1. The van der Waals surface area contributed by atoms with Crippen LogP contribution in [0, 0.1) is 30.7 Å². The van der Waals surface area contributed by atoms with E-state index in [2.05, 4.69) is 67.4 Å². The van der Waals surface area contributed by atoms with Gasteiger partial charge in [-0.2, -0.15) is 0 Å². The molecule has 0 saturated carbocycles. The minimum atomic E-state index is -0.337. The van der Waals surface area contributed by atoms with E-state index in [-0.39, 0.29) is 42.5 Å². The van der Waals surface area contributed by atoms with Crippen LogP contribution in [-0.4, -0.2) is 15.9 Å². The van der Waals surface area contributed by atoms with Crippen LogP contribution in [-0.2, 0) is 24.9 Å². The van der Waals surface area contributed by atoms with Crippen molar-refractivity contribution >= 4 is 27.5 Å². The summed E-state index contributed by atoms with van der Waals surface area (Å²) in [6.45, 7) is 16.3. The third-order valence-corrected chi connectivity index (χ3v) is 9.48. The molecule has 4 nitrogen and oxygen atoms in total. The number of carbonyl (C=O) groups is 1. The number of pyridine rings is 1. The fourth-order valence-electron chi connectivity index (χ4n) is 5.38. The molecular formula is C40H46IrNO3-. The molecule has 0 aliphatic heterocycles. The Balaban J connectivity index is 0.000000270. The van der Waals surface area contributed by atoms with Crippen LogP contribution in [0.2, 0.25) is 0 Å². The van der Waals surface area contributed by atoms with Crippen molar-refractivity contribution < 1.29 is 34.4 Å². The number of nitrogens with zero attached hydrogens (tertiary/aromatic N) is 1. The van der Waals surface area contributed by atoms with Gasteiger partial charge in [0.1, 0.15) is 17.1 Å². The van der Waals surface area contributed by atoms with Crippen LogP contribution in [0.4, 0.5) is 0 Å². The Kier molecular flexibility index (Phi) is 12.1. The summed E-state index contributed by atoms with van der Waals surface area (Å²) in [5.74, 6) is 1.17. The van der Waals surface area contributed by atoms with Gasteiger partial charge in [0.25, 0.3) is 0 Å². The number of fused-ring (bicyclic) bond motifs is 2. The quantitative estimate of drug-likeness (QED) is 0.0919. The first-order chi connectivity index (χ1) is 21.0. The smallest absolute Gasteiger partial charge is 0.164 e. The number of benzene rings is 3. The maximum atomic E-state index is 12.2. The summed E-state index contributed by atoms with van der Waals surface area (Å²) in [6.07, 6.45) is 6.62. The molecule has 0 bridgehead atoms. The topological polar surface area (TPSA) is 63.3 Å². The van der Waals surface area contributed by atoms with Crippen molar-refractivity contribution in [2.45, 2.75) is 81.1 Å². The van der Waals surface area contributed by atoms with Crippen LogP contribution in [0.3, 0.4) is 0 Å². The summed E-state index contributed by atoms with van der Waals surface area (Å²) in [7, 11) is 0. The first-order valence-electron chi connectivity index (χ1n) is 15.8. The first-order valence-corrected chi connectivity index (χ1v) is 15.8. The maximum absolute atomic E-state index is 12.2. The molecule has 1 N–H and O–H groups in total. The zero-order valence-electron chi connectivity index (χ0n) is 27.9. The second kappa shape index (κ2) is 15.2. The average molecular weight is 781 g/mol. The monoisotopic (exact) mass is 781 g/mol. The van der Waals surface area contributed by atoms with Crippen molar-refractivity contribution in [3.8, 4) is 22.6 Å². The van der Waals surface area contributed by atoms with Gasteiger partial charge in [-0.05, 0) is 66.4 Å². The van der Waals surface area contributed by atoms with Crippen molar-refractivity contribution in [2.24, 2.45) is 10.8 Å². The Hall–Kier alpha value is -3.53. The van der Waals surface area contributed by atoms with Crippen LogP contribution >= 0.6 is 0 Å². The molecule has 0 spiro atoms. The van der Waals surface area contributed by atoms with Gasteiger partial charge in [0.2, 0.25) is 0 Å². The predicted molar refractivity (Wildman–Crippen MR) is 184 cm³/mol. The number of aliphatic hydroxyl groups is 1. The number of allylic oxidation sites excluding steroid dienone is 2. The molecule has 5 heteroatoms. The van der Waals surface area contributed by atoms with Crippen LogP contribution in [0.15, 0.2) is 89.2 Å². The summed E-state index contributed by atoms with van der Waals surface area (Å²) >= 11 is 0. The van der Waals surface area contributed by atoms with Gasteiger partial charge >= 0.3 is 0 Å². The number of hydrogen-bond acceptors (Lipinski definition) is 4. The minimum absolute atomic E-state index is 0. The molecular weight excluding hydrogens is 735 g/mol. The molecule has 5 rings (SSSR count). The Morgan fingerprint density at radius 3 is 2.16 bits per heavy atom. The summed E-state index contributed by atoms with van der Waals surface area (Å²) < 4.78 is 6.03. The van der Waals surface area contributed by atoms with Crippen LogP contribution in [0.1, 0.15) is 78.4 Å². The fraction of sp³-hybridized carbons (Fsp3) is 0.350. The maximum Gasteiger partial charge on any atom is 0.164 e. The van der Waals surface area contributed by atoms with Crippen molar-refractivity contribution in [1.82, 2.24) is 4.98 Å². The molecule has 2 aromatic heterocycles. The molecule has 2 heterocycles. The normalized spacial score (nSPS) is 12.0. The number of carbonyl (C=O) groups excluding carboxylic acids is 1. The van der Waals surface area contributed by atoms with Gasteiger partial charge in [0.05, 0.1) is 0 Å². The third kappa shape index (κ3) is 8.01. The Labute approximate surface area is 282 Å². The number of furan rings is 1. The molecule has 5 aromatic rings. The van der Waals surface area contributed by atoms with E-state index >= 15 is 0 Å². The Morgan fingerprint density at radius 1 is 0.867 bits per heavy atom. The van der Waals surface area contributed by atoms with Crippen molar-refractivity contribution in [3.63, 3.8) is 0 Å². The second-order valence-electron chi connectivity index (χ2n) is 12.4. The van der Waals surface area contributed by atoms with Gasteiger partial charge < -0.3 is 14.5 Å². The second-order valence-corrected chi connectivity index (χ2v) is 12.4. The SMILES string of the molecule is CCC(C)(CC)C(=O)/C=C(\O)C(C)(CC)CC.Cc1[c-]c(-c2nccc3cc(-c4cc5ccccc5o4)ccc23)cc(C)c1.[Ir]. The van der Waals surface area contributed by atoms with E-state index in [0.717, 1.165) is 75.6 Å². The molecule has 0 unspecified atom stereocenters. The number of ketones is 1. The standard InChI is InChI=1S/C25H18NO.C15H28O2.Ir/c1-16-11-17(2)13-21(12-16)25-22-8-7-20(14-18(22)9-10-26-25)24-15-19-5-3-4-6-23(19)27-24;1-7-14(5,8-2)12(16)11-13(17)15(6,9-3)10-4;/h3-12,14-15H,1-2H3;11,16H,7-10H2,1-6H3;/q-1;;/b;12-11-;. The molecule has 239 valence electrons. The molecule has 0 atom stereocenters. The van der Waals surface area contributed by atoms with Crippen LogP contribution < -0.4 is 0 Å². The van der Waals surface area contributed by atoms with Crippen LogP contribution in [0.25, 0.3) is 44.3 Å². The average Bonchev–Trinajstić information content (AvgIpc) is 3.47. The number of aryl methyl sites for hydroxylation is 2. The summed E-state index contributed by atoms with van der Waals surface area (Å²) in [6, 6.07) is 26.4. The van der Waals surface area contributed by atoms with E-state index in [0.29, 0.717) is 0 Å². The largest absolute Gasteiger partial charge is 0.512 e. The summed E-state index contributed by atoms with van der Waals surface area (Å²) in [5, 5.41) is 13.5. The molecule has 0 amide bonds. The van der Waals surface area contributed by atoms with Gasteiger partial charge in [-0.3, -0.25) is 4.79 Å². The summed E-state index contributed by atoms with van der Waals surface area (Å²) in [4.78, 5) is 16.8. The van der Waals surface area contributed by atoms with E-state index in [1.165, 1.54) is 11.6 Å². The minimum Gasteiger partial charge on any atom is -0.512 e. The predicted octanol–water partition coefficient (Wildman–Crippen LogP) is 11.4. The third-order valence-electron chi connectivity index (χ3n) is 9.48. The van der Waals surface area contributed by atoms with Crippen molar-refractivity contribution in [3.05, 3.63) is 102 Å². The zero-order chi connectivity index (χ0) is 32.1. The van der Waals surface area contributed by atoms with E-state index in [9.17, 15) is 9.90 Å². The van der Waals surface area contributed by atoms with E-state index in [4.69, 9.17) is 4.42 Å². The number of rotatable bonds is 9. The molecule has 0 aliphatic rings. The molecule has 45 heavy (non-hydrogen) atoms. The fourth-order valence-corrected chi connectivity index (χ4v) is 5.38. The van der Waals surface area contributed by atoms with Gasteiger partial charge in [0, 0.05) is 54.2 Å². The number of aliphatic hydroxyl groups excluding tert-OH is 1. The Morgan fingerprint density at radius 2 is 1.53 bits per heavy atom. The Bertz CT molecular complexity index is 1740. The number of para-hydroxylation sites is 1. The first kappa shape index (κ1) is 35.9. The summed E-state index contributed by atoms with van der Waals surface area (Å²) in [5.41, 5.74) is 5.73. The van der Waals surface area contributed by atoms with Gasteiger partial charge in [-0.15, -0.1) is 34.9 Å². The molecule has 0 saturated heterocycles. The zero-order valence-corrected chi connectivity index (χ0v) is 30.3. The van der Waals surface area contributed by atoms with Crippen LogP contribution in [0.5, 0.6) is 0 Å². The van der Waals surface area contributed by atoms with Gasteiger partial charge in [-0.25, -0.2) is 0 Å². The van der Waals surface area contributed by atoms with Crippen molar-refractivity contribution in [2.75, 3.05) is 0 Å². The van der Waals surface area contributed by atoms with Gasteiger partial charge in [-0.1, -0.05) is 85.7 Å². The molecule has 3 aromatic carbocycles. The van der Waals surface area contributed by atoms with E-state index in [1.807, 2.05) is 72.0 Å². The number of hydrogen-bond donors (Lipinski definition) is 1. The van der Waals surface area contributed by atoms with E-state index < -0.39 is 0 Å². The molecule has 0 fully saturated rings. The van der Waals surface area contributed by atoms with Crippen molar-refractivity contribution in [1.29, 1.82) is 0 Å². The molecule has 0 aliphatic carbocycles.